The molecule has 4 nitrogen and oxygen atoms in total. The molecular formula is C16H22ClFN2O2. The minimum atomic E-state index is -0.408. The van der Waals surface area contributed by atoms with Crippen molar-refractivity contribution in [3.63, 3.8) is 0 Å². The fourth-order valence-electron chi connectivity index (χ4n) is 2.80. The first-order valence-electron chi connectivity index (χ1n) is 7.65. The van der Waals surface area contributed by atoms with Gasteiger partial charge in [0.1, 0.15) is 5.82 Å². The topological polar surface area (TPSA) is 52.6 Å². The quantitative estimate of drug-likeness (QED) is 0.839. The Morgan fingerprint density at radius 3 is 3.00 bits per heavy atom. The average molecular weight is 329 g/mol. The molecule has 1 atom stereocenters. The molecule has 0 bridgehead atoms. The van der Waals surface area contributed by atoms with Crippen molar-refractivity contribution in [3.8, 4) is 0 Å². The van der Waals surface area contributed by atoms with Crippen LogP contribution in [0.4, 0.5) is 4.39 Å². The van der Waals surface area contributed by atoms with Crippen molar-refractivity contribution in [2.24, 2.45) is 0 Å². The van der Waals surface area contributed by atoms with Gasteiger partial charge in [-0.05, 0) is 37.1 Å². The average Bonchev–Trinajstić information content (AvgIpc) is 2.50. The molecule has 1 aromatic carbocycles. The summed E-state index contributed by atoms with van der Waals surface area (Å²) in [4.78, 5) is 14.1. The highest BCUT2D eigenvalue weighted by Gasteiger charge is 2.21. The molecule has 0 spiro atoms. The summed E-state index contributed by atoms with van der Waals surface area (Å²) >= 11 is 5.91. The lowest BCUT2D eigenvalue weighted by Gasteiger charge is -2.34. The van der Waals surface area contributed by atoms with Crippen molar-refractivity contribution in [1.29, 1.82) is 0 Å². The lowest BCUT2D eigenvalue weighted by atomic mass is 10.0. The van der Waals surface area contributed by atoms with E-state index in [9.17, 15) is 14.3 Å². The van der Waals surface area contributed by atoms with E-state index in [2.05, 4.69) is 10.2 Å². The van der Waals surface area contributed by atoms with E-state index in [0.717, 1.165) is 32.4 Å². The Bertz CT molecular complexity index is 513. The van der Waals surface area contributed by atoms with Crippen LogP contribution in [-0.4, -0.2) is 48.2 Å². The van der Waals surface area contributed by atoms with Gasteiger partial charge in [-0.1, -0.05) is 24.1 Å². The number of benzene rings is 1. The van der Waals surface area contributed by atoms with E-state index in [-0.39, 0.29) is 30.0 Å². The van der Waals surface area contributed by atoms with Crippen molar-refractivity contribution in [2.75, 3.05) is 26.2 Å². The minimum Gasteiger partial charge on any atom is -0.395 e. The molecule has 0 radical (unpaired) electrons. The van der Waals surface area contributed by atoms with Gasteiger partial charge in [-0.25, -0.2) is 4.39 Å². The molecule has 0 aliphatic carbocycles. The van der Waals surface area contributed by atoms with E-state index in [1.54, 1.807) is 0 Å². The molecule has 1 aliphatic rings. The number of carbonyl (C=O) groups excluding carboxylic acids is 1. The van der Waals surface area contributed by atoms with E-state index in [4.69, 9.17) is 11.6 Å². The summed E-state index contributed by atoms with van der Waals surface area (Å²) in [7, 11) is 0. The number of nitrogens with zero attached hydrogens (tertiary/aromatic N) is 1. The summed E-state index contributed by atoms with van der Waals surface area (Å²) in [6, 6.07) is 4.25. The summed E-state index contributed by atoms with van der Waals surface area (Å²) < 4.78 is 13.0. The maximum Gasteiger partial charge on any atom is 0.224 e. The number of halogens is 2. The highest BCUT2D eigenvalue weighted by molar-refractivity contribution is 6.31. The van der Waals surface area contributed by atoms with E-state index in [1.165, 1.54) is 18.2 Å². The Hall–Kier alpha value is -1.17. The van der Waals surface area contributed by atoms with Crippen LogP contribution in [0.3, 0.4) is 0 Å². The van der Waals surface area contributed by atoms with Crippen LogP contribution in [0.25, 0.3) is 0 Å². The van der Waals surface area contributed by atoms with Gasteiger partial charge in [0.2, 0.25) is 5.91 Å². The summed E-state index contributed by atoms with van der Waals surface area (Å²) in [5.41, 5.74) is 0.617. The third-order valence-corrected chi connectivity index (χ3v) is 4.40. The van der Waals surface area contributed by atoms with Gasteiger partial charge in [-0.15, -0.1) is 0 Å². The zero-order valence-electron chi connectivity index (χ0n) is 12.5. The number of hydrogen-bond acceptors (Lipinski definition) is 3. The third-order valence-electron chi connectivity index (χ3n) is 4.05. The SMILES string of the molecule is O=C(Cc1ccc(F)cc1Cl)NCCN1CCCC[C@@H]1CO. The number of hydrogen-bond donors (Lipinski definition) is 2. The molecular weight excluding hydrogens is 307 g/mol. The highest BCUT2D eigenvalue weighted by atomic mass is 35.5. The predicted molar refractivity (Wildman–Crippen MR) is 84.4 cm³/mol. The summed E-state index contributed by atoms with van der Waals surface area (Å²) in [5.74, 6) is -0.541. The van der Waals surface area contributed by atoms with E-state index >= 15 is 0 Å². The molecule has 0 unspecified atom stereocenters. The van der Waals surface area contributed by atoms with Crippen LogP contribution in [0.1, 0.15) is 24.8 Å². The normalized spacial score (nSPS) is 19.1. The fourth-order valence-corrected chi connectivity index (χ4v) is 3.03. The number of aliphatic hydroxyl groups excluding tert-OH is 1. The van der Waals surface area contributed by atoms with Gasteiger partial charge in [0.15, 0.2) is 0 Å². The van der Waals surface area contributed by atoms with Gasteiger partial charge >= 0.3 is 0 Å². The molecule has 1 saturated heterocycles. The maximum absolute atomic E-state index is 13.0. The minimum absolute atomic E-state index is 0.133. The molecule has 2 N–H and O–H groups in total. The zero-order chi connectivity index (χ0) is 15.9. The fraction of sp³-hybridized carbons (Fsp3) is 0.562. The van der Waals surface area contributed by atoms with Gasteiger partial charge in [0.25, 0.3) is 0 Å². The summed E-state index contributed by atoms with van der Waals surface area (Å²) in [6.07, 6.45) is 3.44. The monoisotopic (exact) mass is 328 g/mol. The molecule has 1 amide bonds. The van der Waals surface area contributed by atoms with E-state index in [1.807, 2.05) is 0 Å². The second-order valence-electron chi connectivity index (χ2n) is 5.63. The van der Waals surface area contributed by atoms with Crippen molar-refractivity contribution in [1.82, 2.24) is 10.2 Å². The van der Waals surface area contributed by atoms with Gasteiger partial charge in [0, 0.05) is 24.2 Å². The second-order valence-corrected chi connectivity index (χ2v) is 6.04. The lowest BCUT2D eigenvalue weighted by molar-refractivity contribution is -0.120. The molecule has 0 aromatic heterocycles. The van der Waals surface area contributed by atoms with Crippen LogP contribution in [0, 0.1) is 5.82 Å². The predicted octanol–water partition coefficient (Wildman–Crippen LogP) is 1.98. The van der Waals surface area contributed by atoms with E-state index < -0.39 is 5.82 Å². The summed E-state index contributed by atoms with van der Waals surface area (Å²) in [6.45, 7) is 2.40. The maximum atomic E-state index is 13.0. The van der Waals surface area contributed by atoms with Crippen molar-refractivity contribution >= 4 is 17.5 Å². The Morgan fingerprint density at radius 2 is 2.27 bits per heavy atom. The van der Waals surface area contributed by atoms with Crippen LogP contribution in [0.15, 0.2) is 18.2 Å². The smallest absolute Gasteiger partial charge is 0.224 e. The Morgan fingerprint density at radius 1 is 1.45 bits per heavy atom. The second kappa shape index (κ2) is 8.46. The largest absolute Gasteiger partial charge is 0.395 e. The van der Waals surface area contributed by atoms with Crippen LogP contribution in [0.5, 0.6) is 0 Å². The van der Waals surface area contributed by atoms with Crippen molar-refractivity contribution in [3.05, 3.63) is 34.6 Å². The van der Waals surface area contributed by atoms with Crippen LogP contribution < -0.4 is 5.32 Å². The third kappa shape index (κ3) is 4.93. The van der Waals surface area contributed by atoms with Gasteiger partial charge < -0.3 is 10.4 Å². The Kier molecular flexibility index (Phi) is 6.61. The number of carbonyl (C=O) groups is 1. The molecule has 6 heteroatoms. The summed E-state index contributed by atoms with van der Waals surface area (Å²) in [5, 5.41) is 12.5. The highest BCUT2D eigenvalue weighted by Crippen LogP contribution is 2.18. The number of aliphatic hydroxyl groups is 1. The standard InChI is InChI=1S/C16H22ClFN2O2/c17-15-10-13(18)5-4-12(15)9-16(22)19-6-8-20-7-2-1-3-14(20)11-21/h4-5,10,14,21H,1-3,6-9,11H2,(H,19,22)/t14-/m1/s1. The molecule has 0 saturated carbocycles. The van der Waals surface area contributed by atoms with Crippen LogP contribution in [0.2, 0.25) is 5.02 Å². The molecule has 1 heterocycles. The van der Waals surface area contributed by atoms with Gasteiger partial charge in [-0.2, -0.15) is 0 Å². The van der Waals surface area contributed by atoms with Crippen LogP contribution in [-0.2, 0) is 11.2 Å². The number of likely N-dealkylation sites (tertiary alicyclic amines) is 1. The Labute approximate surface area is 135 Å². The number of amides is 1. The molecule has 1 fully saturated rings. The van der Waals surface area contributed by atoms with Gasteiger partial charge in [-0.3, -0.25) is 9.69 Å². The molecule has 2 rings (SSSR count). The first-order valence-corrected chi connectivity index (χ1v) is 8.03. The van der Waals surface area contributed by atoms with Crippen molar-refractivity contribution in [2.45, 2.75) is 31.7 Å². The number of piperidine rings is 1. The van der Waals surface area contributed by atoms with E-state index in [0.29, 0.717) is 12.1 Å². The number of rotatable bonds is 6. The molecule has 122 valence electrons. The zero-order valence-corrected chi connectivity index (χ0v) is 13.3. The first-order chi connectivity index (χ1) is 10.6. The van der Waals surface area contributed by atoms with Crippen LogP contribution >= 0.6 is 11.6 Å². The molecule has 1 aromatic rings. The lowest BCUT2D eigenvalue weighted by Crippen LogP contribution is -2.45. The Balaban J connectivity index is 1.75. The van der Waals surface area contributed by atoms with Gasteiger partial charge in [0.05, 0.1) is 13.0 Å². The first kappa shape index (κ1) is 17.2. The molecule has 1 aliphatic heterocycles. The molecule has 22 heavy (non-hydrogen) atoms. The van der Waals surface area contributed by atoms with Crippen molar-refractivity contribution < 1.29 is 14.3 Å². The number of nitrogens with one attached hydrogen (secondary N) is 1.